The van der Waals surface area contributed by atoms with Crippen LogP contribution < -0.4 is 5.73 Å². The predicted molar refractivity (Wildman–Crippen MR) is 58.9 cm³/mol. The average molecular weight is 193 g/mol. The quantitative estimate of drug-likeness (QED) is 0.739. The fourth-order valence-electron chi connectivity index (χ4n) is 1.49. The number of pyridine rings is 1. The second kappa shape index (κ2) is 6.51. The molecule has 78 valence electrons. The molecule has 0 spiro atoms. The fraction of sp³-hybridized carbons (Fsp3) is 0.545. The Morgan fingerprint density at radius 2 is 2.21 bits per heavy atom. The van der Waals surface area contributed by atoms with Crippen molar-refractivity contribution >= 4 is 0 Å². The van der Waals surface area contributed by atoms with Crippen LogP contribution in [0.15, 0.2) is 24.4 Å². The summed E-state index contributed by atoms with van der Waals surface area (Å²) in [6.07, 6.45) is 2.99. The second-order valence-corrected chi connectivity index (χ2v) is 3.39. The van der Waals surface area contributed by atoms with Gasteiger partial charge in [-0.1, -0.05) is 13.0 Å². The van der Waals surface area contributed by atoms with E-state index in [0.717, 1.165) is 31.7 Å². The Kier molecular flexibility index (Phi) is 5.19. The molecular weight excluding hydrogens is 174 g/mol. The summed E-state index contributed by atoms with van der Waals surface area (Å²) in [4.78, 5) is 6.64. The SMILES string of the molecule is CCCN(CCN)Cc1ccccn1. The van der Waals surface area contributed by atoms with Crippen molar-refractivity contribution in [3.05, 3.63) is 30.1 Å². The van der Waals surface area contributed by atoms with Gasteiger partial charge in [-0.2, -0.15) is 0 Å². The molecule has 1 aromatic rings. The molecule has 0 aliphatic carbocycles. The maximum Gasteiger partial charge on any atom is 0.0543 e. The van der Waals surface area contributed by atoms with Crippen molar-refractivity contribution in [1.29, 1.82) is 0 Å². The molecule has 1 heterocycles. The van der Waals surface area contributed by atoms with Crippen molar-refractivity contribution in [3.63, 3.8) is 0 Å². The van der Waals surface area contributed by atoms with Gasteiger partial charge < -0.3 is 5.73 Å². The van der Waals surface area contributed by atoms with Gasteiger partial charge >= 0.3 is 0 Å². The summed E-state index contributed by atoms with van der Waals surface area (Å²) in [6.45, 7) is 5.85. The number of nitrogens with zero attached hydrogens (tertiary/aromatic N) is 2. The van der Waals surface area contributed by atoms with Gasteiger partial charge in [0.15, 0.2) is 0 Å². The van der Waals surface area contributed by atoms with Gasteiger partial charge in [-0.3, -0.25) is 9.88 Å². The summed E-state index contributed by atoms with van der Waals surface area (Å²) in [7, 11) is 0. The maximum absolute atomic E-state index is 5.55. The van der Waals surface area contributed by atoms with Crippen LogP contribution in [0.25, 0.3) is 0 Å². The van der Waals surface area contributed by atoms with Crippen molar-refractivity contribution in [2.24, 2.45) is 5.73 Å². The lowest BCUT2D eigenvalue weighted by molar-refractivity contribution is 0.270. The first kappa shape index (κ1) is 11.1. The first-order valence-corrected chi connectivity index (χ1v) is 5.19. The molecule has 3 nitrogen and oxygen atoms in total. The molecule has 0 bridgehead atoms. The lowest BCUT2D eigenvalue weighted by atomic mass is 10.3. The van der Waals surface area contributed by atoms with Gasteiger partial charge in [-0.25, -0.2) is 0 Å². The Morgan fingerprint density at radius 1 is 1.36 bits per heavy atom. The molecule has 0 amide bonds. The van der Waals surface area contributed by atoms with Gasteiger partial charge in [-0.15, -0.1) is 0 Å². The summed E-state index contributed by atoms with van der Waals surface area (Å²) in [5, 5.41) is 0. The minimum Gasteiger partial charge on any atom is -0.329 e. The summed E-state index contributed by atoms with van der Waals surface area (Å²) >= 11 is 0. The number of aromatic nitrogens is 1. The largest absolute Gasteiger partial charge is 0.329 e. The molecule has 1 aromatic heterocycles. The van der Waals surface area contributed by atoms with Crippen molar-refractivity contribution in [2.75, 3.05) is 19.6 Å². The van der Waals surface area contributed by atoms with Crippen molar-refractivity contribution in [1.82, 2.24) is 9.88 Å². The van der Waals surface area contributed by atoms with Gasteiger partial charge in [0, 0.05) is 25.8 Å². The molecule has 0 aliphatic rings. The van der Waals surface area contributed by atoms with Crippen LogP contribution in [0.2, 0.25) is 0 Å². The lowest BCUT2D eigenvalue weighted by Crippen LogP contribution is -2.30. The second-order valence-electron chi connectivity index (χ2n) is 3.39. The Hall–Kier alpha value is -0.930. The maximum atomic E-state index is 5.55. The minimum atomic E-state index is 0.715. The third-order valence-corrected chi connectivity index (χ3v) is 2.10. The van der Waals surface area contributed by atoms with Crippen LogP contribution in [-0.4, -0.2) is 29.5 Å². The van der Waals surface area contributed by atoms with Crippen molar-refractivity contribution < 1.29 is 0 Å². The van der Waals surface area contributed by atoms with E-state index in [1.165, 1.54) is 0 Å². The molecule has 0 fully saturated rings. The summed E-state index contributed by atoms with van der Waals surface area (Å²) in [6, 6.07) is 6.02. The molecule has 0 aliphatic heterocycles. The highest BCUT2D eigenvalue weighted by molar-refractivity contribution is 5.03. The zero-order valence-electron chi connectivity index (χ0n) is 8.82. The molecule has 0 saturated carbocycles. The molecule has 0 radical (unpaired) electrons. The zero-order chi connectivity index (χ0) is 10.2. The highest BCUT2D eigenvalue weighted by atomic mass is 15.1. The predicted octanol–water partition coefficient (Wildman–Crippen LogP) is 1.25. The topological polar surface area (TPSA) is 42.1 Å². The van der Waals surface area contributed by atoms with E-state index in [4.69, 9.17) is 5.73 Å². The highest BCUT2D eigenvalue weighted by Crippen LogP contribution is 2.00. The molecule has 0 aromatic carbocycles. The third-order valence-electron chi connectivity index (χ3n) is 2.10. The van der Waals surface area contributed by atoms with Crippen molar-refractivity contribution in [3.8, 4) is 0 Å². The van der Waals surface area contributed by atoms with Crippen LogP contribution in [0.3, 0.4) is 0 Å². The van der Waals surface area contributed by atoms with E-state index in [9.17, 15) is 0 Å². The summed E-state index contributed by atoms with van der Waals surface area (Å²) in [5.74, 6) is 0. The zero-order valence-corrected chi connectivity index (χ0v) is 8.82. The van der Waals surface area contributed by atoms with Crippen LogP contribution in [0, 0.1) is 0 Å². The fourth-order valence-corrected chi connectivity index (χ4v) is 1.49. The standard InChI is InChI=1S/C11H19N3/c1-2-8-14(9-6-12)10-11-5-3-4-7-13-11/h3-5,7H,2,6,8-10,12H2,1H3. The van der Waals surface area contributed by atoms with Crippen LogP contribution in [0.5, 0.6) is 0 Å². The number of nitrogens with two attached hydrogens (primary N) is 1. The monoisotopic (exact) mass is 193 g/mol. The first-order valence-electron chi connectivity index (χ1n) is 5.19. The van der Waals surface area contributed by atoms with E-state index in [1.54, 1.807) is 0 Å². The molecule has 3 heteroatoms. The Bertz CT molecular complexity index is 230. The van der Waals surface area contributed by atoms with E-state index < -0.39 is 0 Å². The van der Waals surface area contributed by atoms with Gasteiger partial charge in [-0.05, 0) is 25.1 Å². The smallest absolute Gasteiger partial charge is 0.0543 e. The molecule has 2 N–H and O–H groups in total. The third kappa shape index (κ3) is 3.85. The Labute approximate surface area is 85.9 Å². The first-order chi connectivity index (χ1) is 6.86. The van der Waals surface area contributed by atoms with Gasteiger partial charge in [0.25, 0.3) is 0 Å². The Morgan fingerprint density at radius 3 is 2.79 bits per heavy atom. The molecule has 14 heavy (non-hydrogen) atoms. The number of hydrogen-bond donors (Lipinski definition) is 1. The van der Waals surface area contributed by atoms with E-state index in [1.807, 2.05) is 18.3 Å². The minimum absolute atomic E-state index is 0.715. The number of rotatable bonds is 6. The normalized spacial score (nSPS) is 10.8. The van der Waals surface area contributed by atoms with Gasteiger partial charge in [0.1, 0.15) is 0 Å². The van der Waals surface area contributed by atoms with E-state index >= 15 is 0 Å². The van der Waals surface area contributed by atoms with E-state index in [-0.39, 0.29) is 0 Å². The molecular formula is C11H19N3. The molecule has 0 unspecified atom stereocenters. The van der Waals surface area contributed by atoms with E-state index in [2.05, 4.69) is 22.9 Å². The summed E-state index contributed by atoms with van der Waals surface area (Å²) in [5.41, 5.74) is 6.67. The van der Waals surface area contributed by atoms with Gasteiger partial charge in [0.2, 0.25) is 0 Å². The number of hydrogen-bond acceptors (Lipinski definition) is 3. The van der Waals surface area contributed by atoms with Crippen molar-refractivity contribution in [2.45, 2.75) is 19.9 Å². The van der Waals surface area contributed by atoms with Crippen LogP contribution in [-0.2, 0) is 6.54 Å². The Balaban J connectivity index is 2.46. The van der Waals surface area contributed by atoms with Crippen LogP contribution in [0.4, 0.5) is 0 Å². The molecule has 1 rings (SSSR count). The van der Waals surface area contributed by atoms with Crippen LogP contribution in [0.1, 0.15) is 19.0 Å². The average Bonchev–Trinajstić information content (AvgIpc) is 2.20. The van der Waals surface area contributed by atoms with Crippen LogP contribution >= 0.6 is 0 Å². The summed E-state index contributed by atoms with van der Waals surface area (Å²) < 4.78 is 0. The molecule has 0 saturated heterocycles. The highest BCUT2D eigenvalue weighted by Gasteiger charge is 2.03. The van der Waals surface area contributed by atoms with E-state index in [0.29, 0.717) is 6.54 Å². The lowest BCUT2D eigenvalue weighted by Gasteiger charge is -2.19. The molecule has 0 atom stereocenters. The van der Waals surface area contributed by atoms with Gasteiger partial charge in [0.05, 0.1) is 5.69 Å².